The largest absolute Gasteiger partial charge is 0.469 e. The molecule has 2 heterocycles. The van der Waals surface area contributed by atoms with Gasteiger partial charge in [0.2, 0.25) is 0 Å². The first kappa shape index (κ1) is 19.6. The van der Waals surface area contributed by atoms with Gasteiger partial charge in [0.1, 0.15) is 5.76 Å². The second-order valence-electron chi connectivity index (χ2n) is 6.09. The summed E-state index contributed by atoms with van der Waals surface area (Å²) in [6.07, 6.45) is 4.93. The molecule has 0 spiro atoms. The molecule has 6 heteroatoms. The van der Waals surface area contributed by atoms with Crippen LogP contribution in [0.5, 0.6) is 0 Å². The molecule has 1 aromatic heterocycles. The lowest BCUT2D eigenvalue weighted by molar-refractivity contribution is 0.466. The van der Waals surface area contributed by atoms with Crippen molar-refractivity contribution < 1.29 is 4.42 Å². The molecule has 136 valence electrons. The zero-order valence-corrected chi connectivity index (χ0v) is 17.0. The lowest BCUT2D eigenvalue weighted by atomic mass is 10.1. The van der Waals surface area contributed by atoms with E-state index in [4.69, 9.17) is 4.42 Å². The minimum absolute atomic E-state index is 0. The van der Waals surface area contributed by atoms with E-state index in [1.54, 1.807) is 6.26 Å². The van der Waals surface area contributed by atoms with Gasteiger partial charge in [-0.25, -0.2) is 0 Å². The maximum absolute atomic E-state index is 5.36. The number of nitrogens with one attached hydrogen (secondary N) is 2. The molecule has 2 aromatic rings. The van der Waals surface area contributed by atoms with E-state index in [-0.39, 0.29) is 24.0 Å². The van der Waals surface area contributed by atoms with Crippen LogP contribution in [0.2, 0.25) is 0 Å². The van der Waals surface area contributed by atoms with Gasteiger partial charge < -0.3 is 20.0 Å². The molecule has 0 bridgehead atoms. The summed E-state index contributed by atoms with van der Waals surface area (Å²) in [5.74, 6) is 1.85. The van der Waals surface area contributed by atoms with Crippen molar-refractivity contribution in [1.82, 2.24) is 10.6 Å². The molecule has 2 N–H and O–H groups in total. The first-order valence-electron chi connectivity index (χ1n) is 8.65. The van der Waals surface area contributed by atoms with Crippen molar-refractivity contribution in [3.05, 3.63) is 54.5 Å². The number of furan rings is 1. The van der Waals surface area contributed by atoms with Crippen molar-refractivity contribution in [3.8, 4) is 0 Å². The van der Waals surface area contributed by atoms with Gasteiger partial charge in [-0.3, -0.25) is 4.99 Å². The Kier molecular flexibility index (Phi) is 8.11. The Morgan fingerprint density at radius 3 is 2.80 bits per heavy atom. The number of halogens is 1. The first-order valence-corrected chi connectivity index (χ1v) is 8.65. The van der Waals surface area contributed by atoms with Crippen LogP contribution in [0.4, 0.5) is 5.69 Å². The number of rotatable bonds is 5. The minimum atomic E-state index is 0. The Labute approximate surface area is 166 Å². The van der Waals surface area contributed by atoms with Crippen LogP contribution in [-0.2, 0) is 6.42 Å². The van der Waals surface area contributed by atoms with Gasteiger partial charge in [-0.2, -0.15) is 0 Å². The molecule has 1 aliphatic rings. The topological polar surface area (TPSA) is 52.8 Å². The molecule has 0 saturated carbocycles. The molecular weight excluding hydrogens is 427 g/mol. The summed E-state index contributed by atoms with van der Waals surface area (Å²) < 4.78 is 5.36. The monoisotopic (exact) mass is 454 g/mol. The normalized spacial score (nSPS) is 17.7. The molecule has 1 atom stereocenters. The second kappa shape index (κ2) is 10.3. The van der Waals surface area contributed by atoms with Gasteiger partial charge in [0, 0.05) is 44.8 Å². The SMILES string of the molecule is CN=C(NCCc1ccco1)NC1CCCN(c2ccccc2)C1.I. The Bertz CT molecular complexity index is 630. The van der Waals surface area contributed by atoms with Crippen molar-refractivity contribution in [2.24, 2.45) is 4.99 Å². The Balaban J connectivity index is 0.00000225. The van der Waals surface area contributed by atoms with E-state index in [2.05, 4.69) is 50.9 Å². The van der Waals surface area contributed by atoms with Crippen LogP contribution < -0.4 is 15.5 Å². The number of hydrogen-bond acceptors (Lipinski definition) is 3. The molecule has 0 amide bonds. The number of para-hydroxylation sites is 1. The quantitative estimate of drug-likeness (QED) is 0.414. The van der Waals surface area contributed by atoms with Gasteiger partial charge in [0.05, 0.1) is 6.26 Å². The molecular formula is C19H27IN4O. The number of benzene rings is 1. The third-order valence-electron chi connectivity index (χ3n) is 4.35. The smallest absolute Gasteiger partial charge is 0.191 e. The lowest BCUT2D eigenvalue weighted by Crippen LogP contribution is -2.51. The predicted octanol–water partition coefficient (Wildman–Crippen LogP) is 3.27. The average Bonchev–Trinajstić information content (AvgIpc) is 3.15. The van der Waals surface area contributed by atoms with Crippen molar-refractivity contribution in [3.63, 3.8) is 0 Å². The molecule has 0 radical (unpaired) electrons. The summed E-state index contributed by atoms with van der Waals surface area (Å²) >= 11 is 0. The van der Waals surface area contributed by atoms with Gasteiger partial charge in [-0.05, 0) is 37.1 Å². The molecule has 1 saturated heterocycles. The number of aliphatic imine (C=N–C) groups is 1. The van der Waals surface area contributed by atoms with E-state index < -0.39 is 0 Å². The summed E-state index contributed by atoms with van der Waals surface area (Å²) in [4.78, 5) is 6.79. The van der Waals surface area contributed by atoms with Crippen molar-refractivity contribution >= 4 is 35.6 Å². The van der Waals surface area contributed by atoms with E-state index in [0.29, 0.717) is 6.04 Å². The Morgan fingerprint density at radius 1 is 1.24 bits per heavy atom. The van der Waals surface area contributed by atoms with Crippen molar-refractivity contribution in [1.29, 1.82) is 0 Å². The van der Waals surface area contributed by atoms with Gasteiger partial charge in [-0.15, -0.1) is 24.0 Å². The summed E-state index contributed by atoms with van der Waals surface area (Å²) in [6.45, 7) is 2.93. The maximum atomic E-state index is 5.36. The Morgan fingerprint density at radius 2 is 2.08 bits per heavy atom. The molecule has 0 aliphatic carbocycles. The highest BCUT2D eigenvalue weighted by atomic mass is 127. The number of guanidine groups is 1. The molecule has 1 aliphatic heterocycles. The predicted molar refractivity (Wildman–Crippen MR) is 114 cm³/mol. The molecule has 25 heavy (non-hydrogen) atoms. The molecule has 1 fully saturated rings. The van der Waals surface area contributed by atoms with E-state index in [9.17, 15) is 0 Å². The number of anilines is 1. The third-order valence-corrected chi connectivity index (χ3v) is 4.35. The van der Waals surface area contributed by atoms with Gasteiger partial charge in [-0.1, -0.05) is 18.2 Å². The van der Waals surface area contributed by atoms with E-state index in [0.717, 1.165) is 37.8 Å². The summed E-state index contributed by atoms with van der Waals surface area (Å²) in [5.41, 5.74) is 1.30. The summed E-state index contributed by atoms with van der Waals surface area (Å²) in [6, 6.07) is 14.9. The van der Waals surface area contributed by atoms with Crippen molar-refractivity contribution in [2.75, 3.05) is 31.6 Å². The molecule has 1 unspecified atom stereocenters. The van der Waals surface area contributed by atoms with E-state index >= 15 is 0 Å². The zero-order valence-electron chi connectivity index (χ0n) is 14.6. The minimum Gasteiger partial charge on any atom is -0.469 e. The summed E-state index contributed by atoms with van der Waals surface area (Å²) in [7, 11) is 1.82. The van der Waals surface area contributed by atoms with Crippen LogP contribution in [0.15, 0.2) is 58.1 Å². The first-order chi connectivity index (χ1) is 11.8. The highest BCUT2D eigenvalue weighted by Crippen LogP contribution is 2.19. The van der Waals surface area contributed by atoms with Gasteiger partial charge in [0.15, 0.2) is 5.96 Å². The van der Waals surface area contributed by atoms with Crippen molar-refractivity contribution in [2.45, 2.75) is 25.3 Å². The highest BCUT2D eigenvalue weighted by molar-refractivity contribution is 14.0. The summed E-state index contributed by atoms with van der Waals surface area (Å²) in [5, 5.41) is 6.92. The maximum Gasteiger partial charge on any atom is 0.191 e. The Hall–Kier alpha value is -1.70. The fourth-order valence-electron chi connectivity index (χ4n) is 3.12. The van der Waals surface area contributed by atoms with Crippen LogP contribution in [0, 0.1) is 0 Å². The van der Waals surface area contributed by atoms with Crippen LogP contribution >= 0.6 is 24.0 Å². The average molecular weight is 454 g/mol. The number of piperidine rings is 1. The third kappa shape index (κ3) is 5.95. The lowest BCUT2D eigenvalue weighted by Gasteiger charge is -2.35. The fourth-order valence-corrected chi connectivity index (χ4v) is 3.12. The van der Waals surface area contributed by atoms with E-state index in [1.165, 1.54) is 18.5 Å². The van der Waals surface area contributed by atoms with E-state index in [1.807, 2.05) is 19.2 Å². The number of nitrogens with zero attached hydrogens (tertiary/aromatic N) is 2. The number of hydrogen-bond donors (Lipinski definition) is 2. The van der Waals surface area contributed by atoms with Crippen LogP contribution in [-0.4, -0.2) is 38.7 Å². The second-order valence-corrected chi connectivity index (χ2v) is 6.09. The zero-order chi connectivity index (χ0) is 16.6. The van der Waals surface area contributed by atoms with Gasteiger partial charge in [0.25, 0.3) is 0 Å². The standard InChI is InChI=1S/C19H26N4O.HI/c1-20-19(21-12-11-18-10-6-14-24-18)22-16-7-5-13-23(15-16)17-8-3-2-4-9-17;/h2-4,6,8-10,14,16H,5,7,11-13,15H2,1H3,(H2,20,21,22);1H. The van der Waals surface area contributed by atoms with Crippen LogP contribution in [0.25, 0.3) is 0 Å². The molecule has 5 nitrogen and oxygen atoms in total. The molecule has 1 aromatic carbocycles. The fraction of sp³-hybridized carbons (Fsp3) is 0.421. The molecule has 3 rings (SSSR count). The van der Waals surface area contributed by atoms with Crippen LogP contribution in [0.3, 0.4) is 0 Å². The van der Waals surface area contributed by atoms with Crippen LogP contribution in [0.1, 0.15) is 18.6 Å². The van der Waals surface area contributed by atoms with Gasteiger partial charge >= 0.3 is 0 Å². The highest BCUT2D eigenvalue weighted by Gasteiger charge is 2.20.